The van der Waals surface area contributed by atoms with Gasteiger partial charge in [0.05, 0.1) is 5.75 Å². The smallest absolute Gasteiger partial charge is 0.235 e. The van der Waals surface area contributed by atoms with Crippen LogP contribution in [0, 0.1) is 0 Å². The highest BCUT2D eigenvalue weighted by molar-refractivity contribution is 8.23. The number of Topliss-reactive ketones (excluding diaryl/α,β-unsaturated/α-hetero) is 1. The first kappa shape index (κ1) is 15.9. The number of thioether (sulfide) groups is 1. The summed E-state index contributed by atoms with van der Waals surface area (Å²) in [4.78, 5) is 36.4. The first-order chi connectivity index (χ1) is 11.1. The third-order valence-electron chi connectivity index (χ3n) is 3.42. The third-order valence-corrected chi connectivity index (χ3v) is 4.80. The number of ketones is 1. The van der Waals surface area contributed by atoms with E-state index in [1.807, 2.05) is 0 Å². The predicted octanol–water partition coefficient (Wildman–Crippen LogP) is 1.81. The molecule has 2 heterocycles. The van der Waals surface area contributed by atoms with Crippen molar-refractivity contribution in [1.29, 1.82) is 0 Å². The summed E-state index contributed by atoms with van der Waals surface area (Å²) in [6, 6.07) is 4.98. The van der Waals surface area contributed by atoms with Crippen molar-refractivity contribution in [1.82, 2.24) is 4.90 Å². The molecular weight excluding hydrogens is 338 g/mol. The highest BCUT2D eigenvalue weighted by Crippen LogP contribution is 2.31. The van der Waals surface area contributed by atoms with Gasteiger partial charge in [-0.1, -0.05) is 24.0 Å². The first-order valence-electron chi connectivity index (χ1n) is 7.01. The minimum Gasteiger partial charge on any atom is -0.486 e. The molecule has 1 saturated heterocycles. The van der Waals surface area contributed by atoms with Crippen molar-refractivity contribution >= 4 is 45.9 Å². The van der Waals surface area contributed by atoms with Crippen LogP contribution in [0.1, 0.15) is 23.2 Å². The molecule has 1 fully saturated rings. The summed E-state index contributed by atoms with van der Waals surface area (Å²) < 4.78 is 11.0. The van der Waals surface area contributed by atoms with E-state index in [4.69, 9.17) is 21.7 Å². The number of carbonyl (C=O) groups is 3. The highest BCUT2D eigenvalue weighted by atomic mass is 32.2. The van der Waals surface area contributed by atoms with Gasteiger partial charge in [0.25, 0.3) is 0 Å². The molecule has 0 spiro atoms. The molecule has 6 nitrogen and oxygen atoms in total. The van der Waals surface area contributed by atoms with E-state index in [2.05, 4.69) is 0 Å². The Bertz CT molecular complexity index is 687. The molecule has 0 unspecified atom stereocenters. The maximum atomic E-state index is 12.2. The summed E-state index contributed by atoms with van der Waals surface area (Å²) in [5.41, 5.74) is 0.476. The first-order valence-corrected chi connectivity index (χ1v) is 8.41. The standard InChI is InChI=1S/C15H13NO5S2/c17-10(8-23-15(22)16-13(18)3-4-14(16)19)9-1-2-11-12(7-9)21-6-5-20-11/h1-2,7H,3-6,8H2. The number of fused-ring (bicyclic) bond motifs is 1. The van der Waals surface area contributed by atoms with Gasteiger partial charge in [0.2, 0.25) is 11.8 Å². The van der Waals surface area contributed by atoms with Crippen LogP contribution in [-0.4, -0.2) is 45.8 Å². The van der Waals surface area contributed by atoms with Crippen molar-refractivity contribution in [2.45, 2.75) is 12.8 Å². The van der Waals surface area contributed by atoms with Gasteiger partial charge in [-0.3, -0.25) is 14.4 Å². The van der Waals surface area contributed by atoms with Gasteiger partial charge in [0.15, 0.2) is 17.3 Å². The minimum atomic E-state index is -0.306. The fourth-order valence-electron chi connectivity index (χ4n) is 2.27. The molecule has 0 aromatic heterocycles. The molecule has 0 saturated carbocycles. The van der Waals surface area contributed by atoms with Gasteiger partial charge in [0, 0.05) is 18.4 Å². The SMILES string of the molecule is O=C(CSC(=S)N1C(=O)CCC1=O)c1ccc2c(c1)OCCO2. The Balaban J connectivity index is 1.62. The van der Waals surface area contributed by atoms with Gasteiger partial charge < -0.3 is 9.47 Å². The summed E-state index contributed by atoms with van der Waals surface area (Å²) in [6.07, 6.45) is 0.352. The average molecular weight is 351 g/mol. The summed E-state index contributed by atoms with van der Waals surface area (Å²) >= 11 is 6.10. The molecule has 23 heavy (non-hydrogen) atoms. The molecule has 1 aromatic rings. The highest BCUT2D eigenvalue weighted by Gasteiger charge is 2.32. The maximum absolute atomic E-state index is 12.2. The monoisotopic (exact) mass is 351 g/mol. The number of hydrogen-bond acceptors (Lipinski definition) is 7. The van der Waals surface area contributed by atoms with Crippen molar-refractivity contribution < 1.29 is 23.9 Å². The molecule has 8 heteroatoms. The number of likely N-dealkylation sites (tertiary alicyclic amines) is 1. The van der Waals surface area contributed by atoms with Crippen molar-refractivity contribution in [3.63, 3.8) is 0 Å². The molecule has 2 aliphatic rings. The Labute approximate surface area is 142 Å². The second-order valence-corrected chi connectivity index (χ2v) is 6.57. The summed E-state index contributed by atoms with van der Waals surface area (Å²) in [5.74, 6) is 0.436. The van der Waals surface area contributed by atoms with E-state index >= 15 is 0 Å². The average Bonchev–Trinajstić information content (AvgIpc) is 2.90. The zero-order valence-electron chi connectivity index (χ0n) is 12.1. The number of ether oxygens (including phenoxy) is 2. The molecule has 0 radical (unpaired) electrons. The predicted molar refractivity (Wildman–Crippen MR) is 87.9 cm³/mol. The van der Waals surface area contributed by atoms with Gasteiger partial charge in [-0.2, -0.15) is 0 Å². The van der Waals surface area contributed by atoms with E-state index in [1.165, 1.54) is 0 Å². The number of hydrogen-bond donors (Lipinski definition) is 0. The van der Waals surface area contributed by atoms with Crippen LogP contribution >= 0.6 is 24.0 Å². The molecule has 3 rings (SSSR count). The van der Waals surface area contributed by atoms with Crippen LogP contribution in [-0.2, 0) is 9.59 Å². The van der Waals surface area contributed by atoms with Crippen LogP contribution in [0.5, 0.6) is 11.5 Å². The lowest BCUT2D eigenvalue weighted by molar-refractivity contribution is -0.133. The number of benzene rings is 1. The zero-order chi connectivity index (χ0) is 16.4. The van der Waals surface area contributed by atoms with E-state index in [0.29, 0.717) is 30.3 Å². The lowest BCUT2D eigenvalue weighted by Crippen LogP contribution is -2.32. The largest absolute Gasteiger partial charge is 0.486 e. The molecule has 1 aromatic carbocycles. The number of imide groups is 1. The van der Waals surface area contributed by atoms with Crippen LogP contribution < -0.4 is 9.47 Å². The lowest BCUT2D eigenvalue weighted by atomic mass is 10.1. The topological polar surface area (TPSA) is 72.9 Å². The van der Waals surface area contributed by atoms with Crippen LogP contribution in [0.25, 0.3) is 0 Å². The summed E-state index contributed by atoms with van der Waals surface area (Å²) in [6.45, 7) is 0.935. The quantitative estimate of drug-likeness (QED) is 0.467. The van der Waals surface area contributed by atoms with Crippen LogP contribution in [0.15, 0.2) is 18.2 Å². The Morgan fingerprint density at radius 1 is 1.13 bits per heavy atom. The Hall–Kier alpha value is -1.93. The minimum absolute atomic E-state index is 0.0511. The van der Waals surface area contributed by atoms with Gasteiger partial charge in [-0.05, 0) is 18.2 Å². The lowest BCUT2D eigenvalue weighted by Gasteiger charge is -2.18. The molecule has 0 aliphatic carbocycles. The number of carbonyl (C=O) groups excluding carboxylic acids is 3. The van der Waals surface area contributed by atoms with Crippen LogP contribution in [0.2, 0.25) is 0 Å². The normalized spacial score (nSPS) is 16.6. The second kappa shape index (κ2) is 6.67. The van der Waals surface area contributed by atoms with Gasteiger partial charge >= 0.3 is 0 Å². The van der Waals surface area contributed by atoms with E-state index < -0.39 is 0 Å². The van der Waals surface area contributed by atoms with Crippen molar-refractivity contribution in [3.8, 4) is 11.5 Å². The van der Waals surface area contributed by atoms with E-state index in [0.717, 1.165) is 16.7 Å². The Morgan fingerprint density at radius 2 is 1.78 bits per heavy atom. The number of nitrogens with zero attached hydrogens (tertiary/aromatic N) is 1. The number of amides is 2. The fraction of sp³-hybridized carbons (Fsp3) is 0.333. The van der Waals surface area contributed by atoms with Crippen molar-refractivity contribution in [2.75, 3.05) is 19.0 Å². The molecule has 0 atom stereocenters. The number of thiocarbonyl (C=S) groups is 1. The molecule has 0 bridgehead atoms. The van der Waals surface area contributed by atoms with Crippen molar-refractivity contribution in [2.24, 2.45) is 0 Å². The fourth-order valence-corrected chi connectivity index (χ4v) is 3.41. The van der Waals surface area contributed by atoms with E-state index in [1.54, 1.807) is 18.2 Å². The Morgan fingerprint density at radius 3 is 2.48 bits per heavy atom. The molecular formula is C15H13NO5S2. The van der Waals surface area contributed by atoms with Crippen molar-refractivity contribution in [3.05, 3.63) is 23.8 Å². The zero-order valence-corrected chi connectivity index (χ0v) is 13.7. The van der Waals surface area contributed by atoms with E-state index in [9.17, 15) is 14.4 Å². The molecule has 0 N–H and O–H groups in total. The molecule has 120 valence electrons. The summed E-state index contributed by atoms with van der Waals surface area (Å²) in [7, 11) is 0. The number of rotatable bonds is 3. The molecule has 2 amide bonds. The van der Waals surface area contributed by atoms with Crippen LogP contribution in [0.3, 0.4) is 0 Å². The third kappa shape index (κ3) is 3.37. The maximum Gasteiger partial charge on any atom is 0.235 e. The van der Waals surface area contributed by atoms with Crippen LogP contribution in [0.4, 0.5) is 0 Å². The van der Waals surface area contributed by atoms with Gasteiger partial charge in [-0.25, -0.2) is 4.90 Å². The second-order valence-electron chi connectivity index (χ2n) is 4.96. The molecule has 2 aliphatic heterocycles. The summed E-state index contributed by atoms with van der Waals surface area (Å²) in [5, 5.41) is 0. The van der Waals surface area contributed by atoms with Gasteiger partial charge in [-0.15, -0.1) is 0 Å². The van der Waals surface area contributed by atoms with Gasteiger partial charge in [0.1, 0.15) is 17.5 Å². The van der Waals surface area contributed by atoms with E-state index in [-0.39, 0.29) is 40.5 Å². The Kier molecular flexibility index (Phi) is 4.63.